The lowest BCUT2D eigenvalue weighted by Crippen LogP contribution is -2.36. The number of carboxylic acids is 1. The van der Waals surface area contributed by atoms with E-state index in [0.717, 1.165) is 0 Å². The molecule has 1 aromatic rings. The molecule has 144 valence electrons. The third-order valence-electron chi connectivity index (χ3n) is 4.28. The number of anilines is 1. The summed E-state index contributed by atoms with van der Waals surface area (Å²) >= 11 is 0. The summed E-state index contributed by atoms with van der Waals surface area (Å²) in [5.41, 5.74) is -3.78. The summed E-state index contributed by atoms with van der Waals surface area (Å²) < 4.78 is 77.0. The fourth-order valence-electron chi connectivity index (χ4n) is 3.00. The smallest absolute Gasteiger partial charge is 0.416 e. The number of benzene rings is 1. The molecule has 1 aliphatic rings. The number of hydrogen-bond donors (Lipinski definition) is 2. The molecule has 1 aromatic carbocycles. The Morgan fingerprint density at radius 3 is 1.77 bits per heavy atom. The molecule has 2 atom stereocenters. The fraction of sp³-hybridized carbons (Fsp3) is 0.500. The first-order chi connectivity index (χ1) is 11.9. The molecule has 26 heavy (non-hydrogen) atoms. The Morgan fingerprint density at radius 1 is 0.885 bits per heavy atom. The van der Waals surface area contributed by atoms with E-state index in [9.17, 15) is 35.9 Å². The summed E-state index contributed by atoms with van der Waals surface area (Å²) in [5, 5.41) is 11.2. The first-order valence-electron chi connectivity index (χ1n) is 7.72. The molecule has 0 saturated heterocycles. The van der Waals surface area contributed by atoms with Gasteiger partial charge in [-0.2, -0.15) is 26.3 Å². The second kappa shape index (κ2) is 7.16. The van der Waals surface area contributed by atoms with E-state index in [1.54, 1.807) is 0 Å². The monoisotopic (exact) mass is 383 g/mol. The van der Waals surface area contributed by atoms with Crippen molar-refractivity contribution in [1.82, 2.24) is 0 Å². The van der Waals surface area contributed by atoms with Crippen LogP contribution in [0.5, 0.6) is 0 Å². The van der Waals surface area contributed by atoms with Crippen LogP contribution in [0.3, 0.4) is 0 Å². The first-order valence-corrected chi connectivity index (χ1v) is 7.72. The van der Waals surface area contributed by atoms with Crippen molar-refractivity contribution in [2.75, 3.05) is 5.32 Å². The van der Waals surface area contributed by atoms with Gasteiger partial charge in [-0.05, 0) is 31.0 Å². The van der Waals surface area contributed by atoms with Crippen LogP contribution in [0.1, 0.15) is 36.8 Å². The molecule has 1 aliphatic carbocycles. The maximum absolute atomic E-state index is 12.8. The molecule has 0 radical (unpaired) electrons. The first kappa shape index (κ1) is 20.1. The van der Waals surface area contributed by atoms with Crippen molar-refractivity contribution in [2.24, 2.45) is 11.8 Å². The number of nitrogens with one attached hydrogen (secondary N) is 1. The number of carbonyl (C=O) groups excluding carboxylic acids is 1. The molecule has 0 aliphatic heterocycles. The molecular formula is C16H15F6NO3. The maximum Gasteiger partial charge on any atom is 0.416 e. The van der Waals surface area contributed by atoms with Gasteiger partial charge in [-0.25, -0.2) is 0 Å². The number of amides is 1. The summed E-state index contributed by atoms with van der Waals surface area (Å²) in [6.07, 6.45) is -8.50. The van der Waals surface area contributed by atoms with E-state index in [1.807, 2.05) is 5.32 Å². The Bertz CT molecular complexity index is 666. The molecule has 1 saturated carbocycles. The van der Waals surface area contributed by atoms with E-state index < -0.39 is 52.9 Å². The predicted octanol–water partition coefficient (Wildman–Crippen LogP) is 4.55. The Morgan fingerprint density at radius 2 is 1.35 bits per heavy atom. The van der Waals surface area contributed by atoms with Gasteiger partial charge in [-0.3, -0.25) is 9.59 Å². The summed E-state index contributed by atoms with van der Waals surface area (Å²) in [6.45, 7) is 0. The molecule has 0 spiro atoms. The minimum Gasteiger partial charge on any atom is -0.481 e. The maximum atomic E-state index is 12.8. The molecule has 10 heteroatoms. The van der Waals surface area contributed by atoms with E-state index in [-0.39, 0.29) is 18.9 Å². The van der Waals surface area contributed by atoms with Crippen molar-refractivity contribution in [3.05, 3.63) is 29.3 Å². The van der Waals surface area contributed by atoms with Crippen molar-refractivity contribution in [2.45, 2.75) is 38.0 Å². The zero-order valence-corrected chi connectivity index (χ0v) is 13.2. The number of rotatable bonds is 3. The molecule has 1 amide bonds. The average Bonchev–Trinajstić information content (AvgIpc) is 2.52. The molecule has 2 N–H and O–H groups in total. The van der Waals surface area contributed by atoms with Gasteiger partial charge in [0.1, 0.15) is 0 Å². The quantitative estimate of drug-likeness (QED) is 0.753. The van der Waals surface area contributed by atoms with Gasteiger partial charge in [-0.1, -0.05) is 12.8 Å². The van der Waals surface area contributed by atoms with Crippen LogP contribution in [0, 0.1) is 11.8 Å². The Labute approximate surface area is 144 Å². The zero-order valence-electron chi connectivity index (χ0n) is 13.2. The Hall–Kier alpha value is -2.26. The normalized spacial score (nSPS) is 21.3. The highest BCUT2D eigenvalue weighted by Gasteiger charge is 2.38. The fourth-order valence-corrected chi connectivity index (χ4v) is 3.00. The van der Waals surface area contributed by atoms with Gasteiger partial charge < -0.3 is 10.4 Å². The summed E-state index contributed by atoms with van der Waals surface area (Å²) in [4.78, 5) is 23.5. The molecule has 0 unspecified atom stereocenters. The zero-order chi connectivity index (χ0) is 19.7. The summed E-state index contributed by atoms with van der Waals surface area (Å²) in [6, 6.07) is 0.744. The highest BCUT2D eigenvalue weighted by atomic mass is 19.4. The lowest BCUT2D eigenvalue weighted by molar-refractivity contribution is -0.147. The third-order valence-corrected chi connectivity index (χ3v) is 4.28. The van der Waals surface area contributed by atoms with Crippen LogP contribution < -0.4 is 5.32 Å². The SMILES string of the molecule is O=C(O)[C@@H]1CCCC[C@H]1C(=O)Nc1cc(C(F)(F)F)cc(C(F)(F)F)c1. The molecule has 2 rings (SSSR count). The van der Waals surface area contributed by atoms with Crippen molar-refractivity contribution in [3.8, 4) is 0 Å². The minimum atomic E-state index is -5.03. The second-order valence-corrected chi connectivity index (χ2v) is 6.12. The van der Waals surface area contributed by atoms with E-state index >= 15 is 0 Å². The molecule has 0 bridgehead atoms. The van der Waals surface area contributed by atoms with Crippen molar-refractivity contribution in [3.63, 3.8) is 0 Å². The van der Waals surface area contributed by atoms with E-state index in [0.29, 0.717) is 25.0 Å². The lowest BCUT2D eigenvalue weighted by atomic mass is 9.78. The van der Waals surface area contributed by atoms with Gasteiger partial charge in [0.25, 0.3) is 0 Å². The number of aliphatic carboxylic acids is 1. The van der Waals surface area contributed by atoms with Gasteiger partial charge in [0.15, 0.2) is 0 Å². The van der Waals surface area contributed by atoms with Crippen LogP contribution in [0.4, 0.5) is 32.0 Å². The van der Waals surface area contributed by atoms with E-state index in [4.69, 9.17) is 5.11 Å². The topological polar surface area (TPSA) is 66.4 Å². The molecule has 1 fully saturated rings. The van der Waals surface area contributed by atoms with Crippen molar-refractivity contribution >= 4 is 17.6 Å². The van der Waals surface area contributed by atoms with Crippen LogP contribution in [0.25, 0.3) is 0 Å². The van der Waals surface area contributed by atoms with E-state index in [2.05, 4.69) is 0 Å². The summed E-state index contributed by atoms with van der Waals surface area (Å²) in [7, 11) is 0. The Balaban J connectivity index is 2.32. The van der Waals surface area contributed by atoms with Gasteiger partial charge in [0, 0.05) is 5.69 Å². The molecule has 4 nitrogen and oxygen atoms in total. The minimum absolute atomic E-state index is 0.0453. The van der Waals surface area contributed by atoms with Gasteiger partial charge >= 0.3 is 18.3 Å². The second-order valence-electron chi connectivity index (χ2n) is 6.12. The Kier molecular flexibility index (Phi) is 5.52. The molecular weight excluding hydrogens is 368 g/mol. The predicted molar refractivity (Wildman–Crippen MR) is 78.2 cm³/mol. The number of carbonyl (C=O) groups is 2. The number of alkyl halides is 6. The highest BCUT2D eigenvalue weighted by Crippen LogP contribution is 2.38. The molecule has 0 aromatic heterocycles. The van der Waals surface area contributed by atoms with Crippen LogP contribution in [0.15, 0.2) is 18.2 Å². The largest absolute Gasteiger partial charge is 0.481 e. The number of carboxylic acid groups (broad SMARTS) is 1. The van der Waals surface area contributed by atoms with Crippen LogP contribution in [-0.2, 0) is 21.9 Å². The number of halogens is 6. The number of hydrogen-bond acceptors (Lipinski definition) is 2. The highest BCUT2D eigenvalue weighted by molar-refractivity contribution is 5.95. The van der Waals surface area contributed by atoms with Crippen LogP contribution in [-0.4, -0.2) is 17.0 Å². The van der Waals surface area contributed by atoms with Gasteiger partial charge in [0.05, 0.1) is 23.0 Å². The lowest BCUT2D eigenvalue weighted by Gasteiger charge is -2.27. The van der Waals surface area contributed by atoms with Gasteiger partial charge in [0.2, 0.25) is 5.91 Å². The standard InChI is InChI=1S/C16H15F6NO3/c17-15(18,19)8-5-9(16(20,21)22)7-10(6-8)23-13(24)11-3-1-2-4-12(11)14(25)26/h5-7,11-12H,1-4H2,(H,23,24)(H,25,26)/t11-,12-/m1/s1. The van der Waals surface area contributed by atoms with Crippen molar-refractivity contribution in [1.29, 1.82) is 0 Å². The third kappa shape index (κ3) is 4.67. The average molecular weight is 383 g/mol. The summed E-state index contributed by atoms with van der Waals surface area (Å²) in [5.74, 6) is -4.14. The van der Waals surface area contributed by atoms with Crippen LogP contribution >= 0.6 is 0 Å². The van der Waals surface area contributed by atoms with E-state index in [1.165, 1.54) is 0 Å². The molecule has 0 heterocycles. The van der Waals surface area contributed by atoms with Crippen molar-refractivity contribution < 1.29 is 41.0 Å². The van der Waals surface area contributed by atoms with Crippen LogP contribution in [0.2, 0.25) is 0 Å². The van der Waals surface area contributed by atoms with Gasteiger partial charge in [-0.15, -0.1) is 0 Å².